The predicted octanol–water partition coefficient (Wildman–Crippen LogP) is 20.1. The molecule has 10 heteroatoms. The molecule has 0 saturated heterocycles. The summed E-state index contributed by atoms with van der Waals surface area (Å²) in [5.41, 5.74) is 5.37. The van der Waals surface area contributed by atoms with Gasteiger partial charge in [0, 0.05) is 13.0 Å². The number of hydrogen-bond acceptors (Lipinski definition) is 8. The van der Waals surface area contributed by atoms with Gasteiger partial charge in [0.25, 0.3) is 0 Å². The van der Waals surface area contributed by atoms with E-state index in [0.29, 0.717) is 6.42 Å². The van der Waals surface area contributed by atoms with Crippen LogP contribution >= 0.6 is 7.82 Å². The number of phosphoric ester groups is 1. The Morgan fingerprint density at radius 1 is 0.427 bits per heavy atom. The van der Waals surface area contributed by atoms with E-state index in [-0.39, 0.29) is 32.6 Å². The van der Waals surface area contributed by atoms with E-state index < -0.39 is 32.5 Å². The number of unbranched alkanes of at least 4 members (excludes halogenated alkanes) is 35. The van der Waals surface area contributed by atoms with Gasteiger partial charge >= 0.3 is 19.8 Å². The number of rotatable bonds is 59. The highest BCUT2D eigenvalue weighted by molar-refractivity contribution is 7.47. The summed E-state index contributed by atoms with van der Waals surface area (Å²) in [5.74, 6) is -0.969. The van der Waals surface area contributed by atoms with Crippen LogP contribution in [0.3, 0.4) is 0 Å². The molecule has 3 N–H and O–H groups in total. The maximum absolute atomic E-state index is 12.6. The summed E-state index contributed by atoms with van der Waals surface area (Å²) >= 11 is 0. The SMILES string of the molecule is CC/C=C\C/C=C\C/C=C\C/C=C\C/C=C\CC(=O)OC(COC(=O)CCCCCCCCCCCCCCCCCCCCCCCCCCCCC/C=C\CCCCCCCCCC)COP(=O)(O)OCCN. The molecular weight excluding hydrogens is 954 g/mol. The zero-order chi connectivity index (χ0) is 54.5. The van der Waals surface area contributed by atoms with Crippen LogP contribution in [0.25, 0.3) is 0 Å². The molecule has 436 valence electrons. The zero-order valence-corrected chi connectivity index (χ0v) is 49.7. The lowest BCUT2D eigenvalue weighted by molar-refractivity contribution is -0.160. The average Bonchev–Trinajstić information content (AvgIpc) is 3.40. The largest absolute Gasteiger partial charge is 0.472 e. The number of carbonyl (C=O) groups is 2. The van der Waals surface area contributed by atoms with Crippen LogP contribution < -0.4 is 5.73 Å². The Hall–Kier alpha value is -2.55. The highest BCUT2D eigenvalue weighted by Gasteiger charge is 2.25. The summed E-state index contributed by atoms with van der Waals surface area (Å²) in [6.45, 7) is 3.54. The Morgan fingerprint density at radius 3 is 1.15 bits per heavy atom. The van der Waals surface area contributed by atoms with E-state index in [2.05, 4.69) is 68.5 Å². The summed E-state index contributed by atoms with van der Waals surface area (Å²) < 4.78 is 32.8. The van der Waals surface area contributed by atoms with Crippen LogP contribution in [-0.2, 0) is 32.7 Å². The van der Waals surface area contributed by atoms with Gasteiger partial charge in [-0.25, -0.2) is 4.57 Å². The highest BCUT2D eigenvalue weighted by Crippen LogP contribution is 2.43. The number of hydrogen-bond donors (Lipinski definition) is 2. The van der Waals surface area contributed by atoms with E-state index in [1.165, 1.54) is 218 Å². The first-order valence-corrected chi connectivity index (χ1v) is 32.9. The van der Waals surface area contributed by atoms with Crippen molar-refractivity contribution in [2.45, 2.75) is 302 Å². The van der Waals surface area contributed by atoms with Crippen molar-refractivity contribution in [3.63, 3.8) is 0 Å². The minimum Gasteiger partial charge on any atom is -0.462 e. The molecule has 0 aromatic carbocycles. The van der Waals surface area contributed by atoms with Crippen LogP contribution in [0.2, 0.25) is 0 Å². The van der Waals surface area contributed by atoms with Crippen LogP contribution in [0.1, 0.15) is 296 Å². The molecule has 2 unspecified atom stereocenters. The van der Waals surface area contributed by atoms with Gasteiger partial charge in [-0.1, -0.05) is 292 Å². The second-order valence-electron chi connectivity index (χ2n) is 20.9. The Bertz CT molecular complexity index is 1460. The Kier molecular flexibility index (Phi) is 58.6. The van der Waals surface area contributed by atoms with Crippen LogP contribution in [-0.4, -0.2) is 49.3 Å². The Morgan fingerprint density at radius 2 is 0.773 bits per heavy atom. The maximum Gasteiger partial charge on any atom is 0.472 e. The fraction of sp³-hybridized carbons (Fsp3) is 0.785. The van der Waals surface area contributed by atoms with Crippen molar-refractivity contribution >= 4 is 19.8 Å². The zero-order valence-electron chi connectivity index (χ0n) is 48.8. The van der Waals surface area contributed by atoms with E-state index in [1.54, 1.807) is 6.08 Å². The van der Waals surface area contributed by atoms with Crippen molar-refractivity contribution in [2.75, 3.05) is 26.4 Å². The molecule has 2 atom stereocenters. The lowest BCUT2D eigenvalue weighted by Crippen LogP contribution is -2.29. The number of carbonyl (C=O) groups excluding carboxylic acids is 2. The van der Waals surface area contributed by atoms with Gasteiger partial charge in [-0.05, 0) is 64.2 Å². The van der Waals surface area contributed by atoms with Crippen molar-refractivity contribution in [1.82, 2.24) is 0 Å². The standard InChI is InChI=1S/C65H118NO8P/c1-3-5-7-9-11-13-15-17-19-20-21-22-23-24-25-26-27-28-29-30-31-32-33-34-35-36-37-38-39-40-41-42-44-45-47-49-51-53-55-57-64(67)71-61-63(62-73-75(69,70)72-60-59-66)74-65(68)58-56-54-52-50-48-46-43-18-16-14-12-10-8-6-4-2/h6,8,12,14,18,20-21,43,48,50,54,56,63H,3-5,7,9-11,13,15-17,19,22-42,44-47,49,51-53,55,57-62,66H2,1-2H3,(H,69,70)/b8-6-,14-12-,21-20-,43-18-,50-48-,56-54-. The summed E-state index contributed by atoms with van der Waals surface area (Å²) in [4.78, 5) is 35.0. The molecule has 0 rings (SSSR count). The van der Waals surface area contributed by atoms with Crippen LogP contribution in [0.5, 0.6) is 0 Å². The van der Waals surface area contributed by atoms with E-state index in [0.717, 1.165) is 44.9 Å². The van der Waals surface area contributed by atoms with E-state index in [1.807, 2.05) is 12.2 Å². The lowest BCUT2D eigenvalue weighted by Gasteiger charge is -2.19. The first-order chi connectivity index (χ1) is 36.8. The van der Waals surface area contributed by atoms with Crippen LogP contribution in [0.15, 0.2) is 72.9 Å². The number of ether oxygens (including phenoxy) is 2. The molecule has 0 heterocycles. The summed E-state index contributed by atoms with van der Waals surface area (Å²) in [7, 11) is -4.41. The molecule has 0 aliphatic rings. The van der Waals surface area contributed by atoms with Crippen LogP contribution in [0.4, 0.5) is 0 Å². The molecule has 0 bridgehead atoms. The Labute approximate surface area is 462 Å². The molecule has 0 aliphatic carbocycles. The molecule has 0 amide bonds. The fourth-order valence-corrected chi connectivity index (χ4v) is 9.77. The Balaban J connectivity index is 3.78. The minimum atomic E-state index is -4.41. The van der Waals surface area contributed by atoms with Gasteiger partial charge in [-0.2, -0.15) is 0 Å². The molecule has 0 spiro atoms. The monoisotopic (exact) mass is 1070 g/mol. The van der Waals surface area contributed by atoms with Crippen molar-refractivity contribution in [3.05, 3.63) is 72.9 Å². The lowest BCUT2D eigenvalue weighted by atomic mass is 10.0. The normalized spacial score (nSPS) is 13.5. The van der Waals surface area contributed by atoms with E-state index >= 15 is 0 Å². The van der Waals surface area contributed by atoms with Gasteiger partial charge in [0.1, 0.15) is 6.61 Å². The van der Waals surface area contributed by atoms with Gasteiger partial charge in [-0.15, -0.1) is 0 Å². The van der Waals surface area contributed by atoms with E-state index in [4.69, 9.17) is 24.3 Å². The van der Waals surface area contributed by atoms with Gasteiger partial charge in [0.15, 0.2) is 6.10 Å². The average molecular weight is 1070 g/mol. The molecule has 0 fully saturated rings. The quantitative estimate of drug-likeness (QED) is 0.0264. The van der Waals surface area contributed by atoms with Gasteiger partial charge in [0.2, 0.25) is 0 Å². The molecule has 0 aromatic heterocycles. The number of esters is 2. The van der Waals surface area contributed by atoms with Gasteiger partial charge < -0.3 is 20.1 Å². The number of nitrogens with two attached hydrogens (primary N) is 1. The van der Waals surface area contributed by atoms with Gasteiger partial charge in [0.05, 0.1) is 19.6 Å². The predicted molar refractivity (Wildman–Crippen MR) is 321 cm³/mol. The highest BCUT2D eigenvalue weighted by atomic mass is 31.2. The number of phosphoric acid groups is 1. The molecule has 75 heavy (non-hydrogen) atoms. The smallest absolute Gasteiger partial charge is 0.462 e. The second-order valence-corrected chi connectivity index (χ2v) is 22.4. The molecule has 0 radical (unpaired) electrons. The fourth-order valence-electron chi connectivity index (χ4n) is 9.00. The second kappa shape index (κ2) is 60.7. The summed E-state index contributed by atoms with van der Waals surface area (Å²) in [5, 5.41) is 0. The van der Waals surface area contributed by atoms with Crippen molar-refractivity contribution in [2.24, 2.45) is 5.73 Å². The first kappa shape index (κ1) is 72.5. The van der Waals surface area contributed by atoms with Crippen molar-refractivity contribution < 1.29 is 37.6 Å². The summed E-state index contributed by atoms with van der Waals surface area (Å²) in [6, 6.07) is 0. The number of allylic oxidation sites excluding steroid dienone is 11. The first-order valence-electron chi connectivity index (χ1n) is 31.4. The third-order valence-corrected chi connectivity index (χ3v) is 14.6. The van der Waals surface area contributed by atoms with Crippen molar-refractivity contribution in [1.29, 1.82) is 0 Å². The van der Waals surface area contributed by atoms with Gasteiger partial charge in [-0.3, -0.25) is 18.6 Å². The summed E-state index contributed by atoms with van der Waals surface area (Å²) in [6.07, 6.45) is 79.1. The van der Waals surface area contributed by atoms with E-state index in [9.17, 15) is 19.0 Å². The molecule has 0 aromatic rings. The third-order valence-electron chi connectivity index (χ3n) is 13.6. The maximum atomic E-state index is 12.6. The topological polar surface area (TPSA) is 134 Å². The molecule has 0 aliphatic heterocycles. The molecular formula is C65H118NO8P. The third kappa shape index (κ3) is 60.5. The van der Waals surface area contributed by atoms with Crippen molar-refractivity contribution in [3.8, 4) is 0 Å². The molecule has 9 nitrogen and oxygen atoms in total. The minimum absolute atomic E-state index is 0.00249. The molecule has 0 saturated carbocycles. The van der Waals surface area contributed by atoms with Crippen LogP contribution in [0, 0.1) is 0 Å².